The van der Waals surface area contributed by atoms with E-state index in [2.05, 4.69) is 15.4 Å². The van der Waals surface area contributed by atoms with Gasteiger partial charge in [0.25, 0.3) is 0 Å². The Morgan fingerprint density at radius 1 is 1.36 bits per heavy atom. The zero-order valence-corrected chi connectivity index (χ0v) is 8.46. The molecule has 0 spiro atoms. The van der Waals surface area contributed by atoms with Gasteiger partial charge in [0.05, 0.1) is 19.3 Å². The van der Waals surface area contributed by atoms with Crippen molar-refractivity contribution >= 4 is 0 Å². The van der Waals surface area contributed by atoms with Gasteiger partial charge in [0.2, 0.25) is 0 Å². The lowest BCUT2D eigenvalue weighted by atomic mass is 10.1. The minimum absolute atomic E-state index is 0.245. The van der Waals surface area contributed by atoms with Gasteiger partial charge in [-0.05, 0) is 11.6 Å². The molecule has 0 fully saturated rings. The Bertz CT molecular complexity index is 276. The Balaban J connectivity index is 2.43. The number of aliphatic hydroxyl groups excluding tert-OH is 2. The number of aliphatic hydroxyl groups is 2. The molecule has 2 unspecified atom stereocenters. The van der Waals surface area contributed by atoms with E-state index in [4.69, 9.17) is 0 Å². The van der Waals surface area contributed by atoms with E-state index < -0.39 is 12.2 Å². The number of tetrazole rings is 1. The monoisotopic (exact) mass is 200 g/mol. The molecule has 0 bridgehead atoms. The maximum Gasteiger partial charge on any atom is 0.177 e. The lowest BCUT2D eigenvalue weighted by Gasteiger charge is -2.14. The van der Waals surface area contributed by atoms with Crippen molar-refractivity contribution in [1.82, 2.24) is 20.2 Å². The first-order valence-corrected chi connectivity index (χ1v) is 4.72. The van der Waals surface area contributed by atoms with E-state index in [-0.39, 0.29) is 6.42 Å². The maximum absolute atomic E-state index is 9.54. The molecule has 0 amide bonds. The van der Waals surface area contributed by atoms with Gasteiger partial charge in [-0.25, -0.2) is 0 Å². The summed E-state index contributed by atoms with van der Waals surface area (Å²) < 4.78 is 0. The summed E-state index contributed by atoms with van der Waals surface area (Å²) in [6, 6.07) is 0. The van der Waals surface area contributed by atoms with Crippen LogP contribution in [0.3, 0.4) is 0 Å². The Kier molecular flexibility index (Phi) is 3.97. The van der Waals surface area contributed by atoms with Crippen molar-refractivity contribution in [1.29, 1.82) is 0 Å². The van der Waals surface area contributed by atoms with Crippen LogP contribution in [0, 0.1) is 0 Å². The van der Waals surface area contributed by atoms with Crippen LogP contribution in [0.2, 0.25) is 0 Å². The quantitative estimate of drug-likeness (QED) is 0.655. The van der Waals surface area contributed by atoms with Crippen molar-refractivity contribution < 1.29 is 10.2 Å². The number of aromatic nitrogens is 4. The van der Waals surface area contributed by atoms with Crippen LogP contribution in [0.1, 0.15) is 25.6 Å². The molecule has 2 N–H and O–H groups in total. The molecule has 0 aromatic carbocycles. The van der Waals surface area contributed by atoms with E-state index in [0.717, 1.165) is 6.42 Å². The minimum atomic E-state index is -0.806. The second-order valence-corrected chi connectivity index (χ2v) is 3.32. The fourth-order valence-corrected chi connectivity index (χ4v) is 1.22. The van der Waals surface area contributed by atoms with Crippen molar-refractivity contribution in [2.45, 2.75) is 38.4 Å². The molecule has 1 rings (SSSR count). The molecule has 6 nitrogen and oxygen atoms in total. The number of hydrogen-bond acceptors (Lipinski definition) is 5. The van der Waals surface area contributed by atoms with Gasteiger partial charge in [-0.2, -0.15) is 4.80 Å². The summed E-state index contributed by atoms with van der Waals surface area (Å²) in [5, 5.41) is 30.3. The first kappa shape index (κ1) is 11.1. The van der Waals surface area contributed by atoms with Crippen LogP contribution in [-0.4, -0.2) is 42.6 Å². The second kappa shape index (κ2) is 5.02. The fraction of sp³-hybridized carbons (Fsp3) is 0.875. The topological polar surface area (TPSA) is 84.1 Å². The third-order valence-electron chi connectivity index (χ3n) is 1.97. The largest absolute Gasteiger partial charge is 0.390 e. The van der Waals surface area contributed by atoms with Crippen molar-refractivity contribution in [3.63, 3.8) is 0 Å². The summed E-state index contributed by atoms with van der Waals surface area (Å²) >= 11 is 0. The van der Waals surface area contributed by atoms with Crippen molar-refractivity contribution in [3.05, 3.63) is 5.82 Å². The first-order chi connectivity index (χ1) is 6.63. The Labute approximate surface area is 82.6 Å². The molecule has 0 aliphatic rings. The molecule has 0 saturated heterocycles. The Hall–Kier alpha value is -1.01. The molecule has 1 heterocycles. The zero-order chi connectivity index (χ0) is 10.6. The fourth-order valence-electron chi connectivity index (χ4n) is 1.22. The SMILES string of the molecule is CCCC(O)C(O)Cc1nnn(C)n1. The summed E-state index contributed by atoms with van der Waals surface area (Å²) in [4.78, 5) is 1.33. The van der Waals surface area contributed by atoms with Crippen LogP contribution in [0.15, 0.2) is 0 Å². The lowest BCUT2D eigenvalue weighted by molar-refractivity contribution is 0.0137. The van der Waals surface area contributed by atoms with Crippen LogP contribution in [0.25, 0.3) is 0 Å². The molecule has 0 radical (unpaired) electrons. The first-order valence-electron chi connectivity index (χ1n) is 4.72. The summed E-state index contributed by atoms with van der Waals surface area (Å²) in [6.45, 7) is 1.95. The maximum atomic E-state index is 9.54. The molecule has 0 aliphatic carbocycles. The lowest BCUT2D eigenvalue weighted by Crippen LogP contribution is -2.28. The molecule has 0 aliphatic heterocycles. The van der Waals surface area contributed by atoms with Crippen molar-refractivity contribution in [2.24, 2.45) is 7.05 Å². The van der Waals surface area contributed by atoms with Gasteiger partial charge >= 0.3 is 0 Å². The highest BCUT2D eigenvalue weighted by Crippen LogP contribution is 2.05. The van der Waals surface area contributed by atoms with E-state index in [1.807, 2.05) is 6.92 Å². The summed E-state index contributed by atoms with van der Waals surface area (Å²) in [5.74, 6) is 0.454. The molecular weight excluding hydrogens is 184 g/mol. The van der Waals surface area contributed by atoms with Gasteiger partial charge in [-0.3, -0.25) is 0 Å². The molecule has 2 atom stereocenters. The molecular formula is C8H16N4O2. The normalized spacial score (nSPS) is 15.4. The van der Waals surface area contributed by atoms with Crippen LogP contribution in [-0.2, 0) is 13.5 Å². The molecule has 1 aromatic heterocycles. The average Bonchev–Trinajstić information content (AvgIpc) is 2.51. The van der Waals surface area contributed by atoms with Gasteiger partial charge in [0.15, 0.2) is 5.82 Å². The minimum Gasteiger partial charge on any atom is -0.390 e. The van der Waals surface area contributed by atoms with Gasteiger partial charge < -0.3 is 10.2 Å². The molecule has 14 heavy (non-hydrogen) atoms. The molecule has 0 saturated carbocycles. The van der Waals surface area contributed by atoms with E-state index in [1.54, 1.807) is 7.05 Å². The Morgan fingerprint density at radius 3 is 2.57 bits per heavy atom. The second-order valence-electron chi connectivity index (χ2n) is 3.32. The van der Waals surface area contributed by atoms with Gasteiger partial charge in [0.1, 0.15) is 0 Å². The van der Waals surface area contributed by atoms with Crippen LogP contribution in [0.5, 0.6) is 0 Å². The number of hydrogen-bond donors (Lipinski definition) is 2. The zero-order valence-electron chi connectivity index (χ0n) is 8.46. The van der Waals surface area contributed by atoms with E-state index in [9.17, 15) is 10.2 Å². The number of nitrogens with zero attached hydrogens (tertiary/aromatic N) is 4. The van der Waals surface area contributed by atoms with Gasteiger partial charge in [0, 0.05) is 6.42 Å². The summed E-state index contributed by atoms with van der Waals surface area (Å²) in [6.07, 6.45) is 0.158. The van der Waals surface area contributed by atoms with Crippen LogP contribution in [0.4, 0.5) is 0 Å². The molecule has 6 heteroatoms. The average molecular weight is 200 g/mol. The third-order valence-corrected chi connectivity index (χ3v) is 1.97. The van der Waals surface area contributed by atoms with E-state index in [0.29, 0.717) is 12.2 Å². The molecule has 1 aromatic rings. The highest BCUT2D eigenvalue weighted by atomic mass is 16.3. The van der Waals surface area contributed by atoms with E-state index in [1.165, 1.54) is 4.80 Å². The van der Waals surface area contributed by atoms with Gasteiger partial charge in [-0.15, -0.1) is 10.2 Å². The standard InChI is InChI=1S/C8H16N4O2/c1-3-4-6(13)7(14)5-8-9-11-12(2)10-8/h6-7,13-14H,3-5H2,1-2H3. The summed E-state index contributed by atoms with van der Waals surface area (Å²) in [5.41, 5.74) is 0. The predicted octanol–water partition coefficient (Wildman–Crippen LogP) is -0.726. The van der Waals surface area contributed by atoms with E-state index >= 15 is 0 Å². The smallest absolute Gasteiger partial charge is 0.177 e. The molecule has 80 valence electrons. The third kappa shape index (κ3) is 3.04. The van der Waals surface area contributed by atoms with Crippen molar-refractivity contribution in [2.75, 3.05) is 0 Å². The summed E-state index contributed by atoms with van der Waals surface area (Å²) in [7, 11) is 1.66. The predicted molar refractivity (Wildman–Crippen MR) is 49.4 cm³/mol. The number of aryl methyl sites for hydroxylation is 1. The Morgan fingerprint density at radius 2 is 2.07 bits per heavy atom. The highest BCUT2D eigenvalue weighted by Gasteiger charge is 2.17. The van der Waals surface area contributed by atoms with Crippen LogP contribution < -0.4 is 0 Å². The number of rotatable bonds is 5. The highest BCUT2D eigenvalue weighted by molar-refractivity contribution is 4.83. The van der Waals surface area contributed by atoms with Gasteiger partial charge in [-0.1, -0.05) is 13.3 Å². The van der Waals surface area contributed by atoms with Crippen molar-refractivity contribution in [3.8, 4) is 0 Å². The van der Waals surface area contributed by atoms with Crippen LogP contribution >= 0.6 is 0 Å².